The molecule has 0 saturated heterocycles. The molecule has 22 heavy (non-hydrogen) atoms. The molecule has 0 unspecified atom stereocenters. The van der Waals surface area contributed by atoms with Crippen molar-refractivity contribution in [3.63, 3.8) is 0 Å². The van der Waals surface area contributed by atoms with Gasteiger partial charge in [0.2, 0.25) is 0 Å². The lowest BCUT2D eigenvalue weighted by Crippen LogP contribution is -2.24. The van der Waals surface area contributed by atoms with Crippen LogP contribution in [0.15, 0.2) is 17.8 Å². The van der Waals surface area contributed by atoms with Gasteiger partial charge >= 0.3 is 0 Å². The third kappa shape index (κ3) is 3.42. The van der Waals surface area contributed by atoms with Crippen molar-refractivity contribution in [2.75, 3.05) is 41.0 Å². The van der Waals surface area contributed by atoms with E-state index in [4.69, 9.17) is 14.5 Å². The minimum atomic E-state index is 0.119. The van der Waals surface area contributed by atoms with E-state index < -0.39 is 0 Å². The van der Waals surface area contributed by atoms with Crippen molar-refractivity contribution in [2.45, 2.75) is 26.8 Å². The largest absolute Gasteiger partial charge is 0.382 e. The molecule has 1 aromatic heterocycles. The zero-order chi connectivity index (χ0) is 16.3. The number of aryl methyl sites for hydroxylation is 1. The fourth-order valence-corrected chi connectivity index (χ4v) is 3.01. The van der Waals surface area contributed by atoms with Gasteiger partial charge in [-0.3, -0.25) is 0 Å². The number of aromatic nitrogens is 2. The first kappa shape index (κ1) is 16.8. The van der Waals surface area contributed by atoms with Crippen LogP contribution in [0.3, 0.4) is 0 Å². The van der Waals surface area contributed by atoms with Gasteiger partial charge in [0.25, 0.3) is 0 Å². The fourth-order valence-electron chi connectivity index (χ4n) is 3.01. The second-order valence-corrected chi connectivity index (χ2v) is 6.03. The average Bonchev–Trinajstić information content (AvgIpc) is 2.74. The van der Waals surface area contributed by atoms with Crippen LogP contribution in [0.25, 0.3) is 5.57 Å². The Morgan fingerprint density at radius 1 is 1.18 bits per heavy atom. The molecule has 0 aliphatic carbocycles. The second kappa shape index (κ2) is 7.11. The van der Waals surface area contributed by atoms with Crippen LogP contribution in [0.2, 0.25) is 0 Å². The molecular weight excluding hydrogens is 278 g/mol. The summed E-state index contributed by atoms with van der Waals surface area (Å²) in [5.74, 6) is 0.986. The third-order valence-corrected chi connectivity index (χ3v) is 3.99. The van der Waals surface area contributed by atoms with Crippen LogP contribution in [-0.4, -0.2) is 55.5 Å². The number of ether oxygens (including phenoxy) is 2. The van der Waals surface area contributed by atoms with E-state index in [0.717, 1.165) is 29.3 Å². The van der Waals surface area contributed by atoms with E-state index in [0.29, 0.717) is 13.2 Å². The van der Waals surface area contributed by atoms with Crippen LogP contribution in [0.1, 0.15) is 30.2 Å². The molecule has 1 aliphatic heterocycles. The van der Waals surface area contributed by atoms with Crippen LogP contribution in [-0.2, 0) is 9.47 Å². The van der Waals surface area contributed by atoms with E-state index in [1.807, 2.05) is 0 Å². The minimum Gasteiger partial charge on any atom is -0.382 e. The normalized spacial score (nSPS) is 15.3. The maximum atomic E-state index is 5.39. The van der Waals surface area contributed by atoms with Crippen molar-refractivity contribution in [1.82, 2.24) is 14.5 Å². The van der Waals surface area contributed by atoms with Crippen LogP contribution >= 0.6 is 0 Å². The van der Waals surface area contributed by atoms with Crippen LogP contribution in [0, 0.1) is 13.8 Å². The lowest BCUT2D eigenvalue weighted by atomic mass is 10.1. The van der Waals surface area contributed by atoms with Crippen LogP contribution in [0.5, 0.6) is 0 Å². The SMILES string of the molecule is COCC(COC)n1c(C2=CN(C)CC(C)=C2)nc(C)c1C. The highest BCUT2D eigenvalue weighted by Crippen LogP contribution is 2.27. The highest BCUT2D eigenvalue weighted by Gasteiger charge is 2.22. The van der Waals surface area contributed by atoms with Gasteiger partial charge in [-0.2, -0.15) is 0 Å². The number of likely N-dealkylation sites (N-methyl/N-ethyl adjacent to an activating group) is 1. The highest BCUT2D eigenvalue weighted by atomic mass is 16.5. The van der Waals surface area contributed by atoms with Crippen molar-refractivity contribution in [1.29, 1.82) is 0 Å². The molecule has 0 bridgehead atoms. The topological polar surface area (TPSA) is 39.5 Å². The van der Waals surface area contributed by atoms with E-state index in [-0.39, 0.29) is 6.04 Å². The zero-order valence-electron chi connectivity index (χ0n) is 14.5. The maximum Gasteiger partial charge on any atom is 0.142 e. The molecule has 0 spiro atoms. The Labute approximate surface area is 133 Å². The van der Waals surface area contributed by atoms with Crippen molar-refractivity contribution in [2.24, 2.45) is 0 Å². The van der Waals surface area contributed by atoms with E-state index in [1.54, 1.807) is 14.2 Å². The molecule has 0 amide bonds. The smallest absolute Gasteiger partial charge is 0.142 e. The van der Waals surface area contributed by atoms with E-state index in [2.05, 4.69) is 49.6 Å². The van der Waals surface area contributed by atoms with E-state index in [9.17, 15) is 0 Å². The number of imidazole rings is 1. The molecule has 5 nitrogen and oxygen atoms in total. The Kier molecular flexibility index (Phi) is 5.42. The summed E-state index contributed by atoms with van der Waals surface area (Å²) in [5.41, 5.74) is 4.68. The minimum absolute atomic E-state index is 0.119. The van der Waals surface area contributed by atoms with Gasteiger partial charge in [-0.15, -0.1) is 0 Å². The molecule has 0 saturated carbocycles. The van der Waals surface area contributed by atoms with Crippen molar-refractivity contribution in [3.8, 4) is 0 Å². The van der Waals surface area contributed by atoms with Gasteiger partial charge < -0.3 is 18.9 Å². The molecule has 1 aromatic rings. The predicted molar refractivity (Wildman–Crippen MR) is 88.9 cm³/mol. The Morgan fingerprint density at radius 2 is 1.82 bits per heavy atom. The summed E-state index contributed by atoms with van der Waals surface area (Å²) in [7, 11) is 5.53. The van der Waals surface area contributed by atoms with Crippen molar-refractivity contribution < 1.29 is 9.47 Å². The Hall–Kier alpha value is -1.59. The molecule has 0 fully saturated rings. The van der Waals surface area contributed by atoms with Gasteiger partial charge in [0.15, 0.2) is 0 Å². The van der Waals surface area contributed by atoms with Crippen molar-refractivity contribution >= 4 is 5.57 Å². The van der Waals surface area contributed by atoms with Crippen LogP contribution < -0.4 is 0 Å². The zero-order valence-corrected chi connectivity index (χ0v) is 14.5. The number of hydrogen-bond acceptors (Lipinski definition) is 4. The van der Waals surface area contributed by atoms with Gasteiger partial charge in [0.05, 0.1) is 24.9 Å². The highest BCUT2D eigenvalue weighted by molar-refractivity contribution is 5.72. The summed E-state index contributed by atoms with van der Waals surface area (Å²) >= 11 is 0. The molecule has 2 heterocycles. The van der Waals surface area contributed by atoms with E-state index >= 15 is 0 Å². The molecule has 122 valence electrons. The molecule has 2 rings (SSSR count). The average molecular weight is 305 g/mol. The lowest BCUT2D eigenvalue weighted by molar-refractivity contribution is 0.0882. The van der Waals surface area contributed by atoms with Gasteiger partial charge in [0, 0.05) is 45.3 Å². The van der Waals surface area contributed by atoms with Gasteiger partial charge in [0.1, 0.15) is 5.82 Å². The molecule has 0 atom stereocenters. The molecule has 1 aliphatic rings. The van der Waals surface area contributed by atoms with Gasteiger partial charge in [-0.1, -0.05) is 5.57 Å². The number of methoxy groups -OCH3 is 2. The maximum absolute atomic E-state index is 5.39. The Bertz CT molecular complexity index is 581. The number of hydrogen-bond donors (Lipinski definition) is 0. The summed E-state index contributed by atoms with van der Waals surface area (Å²) in [4.78, 5) is 6.99. The number of allylic oxidation sites excluding steroid dienone is 2. The summed E-state index contributed by atoms with van der Waals surface area (Å²) in [5, 5.41) is 0. The molecule has 0 N–H and O–H groups in total. The summed E-state index contributed by atoms with van der Waals surface area (Å²) in [6.07, 6.45) is 4.37. The first-order valence-corrected chi connectivity index (χ1v) is 7.60. The lowest BCUT2D eigenvalue weighted by Gasteiger charge is -2.25. The number of nitrogens with zero attached hydrogens (tertiary/aromatic N) is 3. The molecule has 0 aromatic carbocycles. The Morgan fingerprint density at radius 3 is 2.36 bits per heavy atom. The first-order chi connectivity index (χ1) is 10.5. The summed E-state index contributed by atoms with van der Waals surface area (Å²) < 4.78 is 13.0. The van der Waals surface area contributed by atoms with Crippen LogP contribution in [0.4, 0.5) is 0 Å². The quantitative estimate of drug-likeness (QED) is 0.810. The monoisotopic (exact) mass is 305 g/mol. The van der Waals surface area contributed by atoms with Gasteiger partial charge in [-0.05, 0) is 26.8 Å². The summed E-state index contributed by atoms with van der Waals surface area (Å²) in [6.45, 7) is 8.47. The predicted octanol–water partition coefficient (Wildman–Crippen LogP) is 2.57. The second-order valence-electron chi connectivity index (χ2n) is 6.03. The van der Waals surface area contributed by atoms with Crippen molar-refractivity contribution in [3.05, 3.63) is 35.1 Å². The fraction of sp³-hybridized carbons (Fsp3) is 0.588. The standard InChI is InChI=1S/C17H27N3O2/c1-12-7-15(9-19(4)8-12)17-18-13(2)14(3)20(17)16(10-21-5)11-22-6/h7,9,16H,8,10-11H2,1-6H3. The van der Waals surface area contributed by atoms with E-state index in [1.165, 1.54) is 5.57 Å². The first-order valence-electron chi connectivity index (χ1n) is 7.60. The summed E-state index contributed by atoms with van der Waals surface area (Å²) in [6, 6.07) is 0.119. The molecule has 5 heteroatoms. The molecular formula is C17H27N3O2. The Balaban J connectivity index is 2.50. The number of rotatable bonds is 6. The van der Waals surface area contributed by atoms with Gasteiger partial charge in [-0.25, -0.2) is 4.98 Å². The third-order valence-electron chi connectivity index (χ3n) is 3.99. The molecule has 0 radical (unpaired) electrons.